The molecule has 1 heterocycles. The Morgan fingerprint density at radius 3 is 2.82 bits per heavy atom. The van der Waals surface area contributed by atoms with E-state index < -0.39 is 0 Å². The molecule has 3 amide bonds. The summed E-state index contributed by atoms with van der Waals surface area (Å²) in [7, 11) is 0. The summed E-state index contributed by atoms with van der Waals surface area (Å²) in [5.74, 6) is -0.110. The summed E-state index contributed by atoms with van der Waals surface area (Å²) in [6.45, 7) is 5.60. The van der Waals surface area contributed by atoms with Crippen molar-refractivity contribution in [3.8, 4) is 0 Å². The number of piperidine rings is 1. The van der Waals surface area contributed by atoms with Gasteiger partial charge < -0.3 is 21.3 Å². The van der Waals surface area contributed by atoms with E-state index in [1.54, 1.807) is 24.3 Å². The Balaban J connectivity index is 1.95. The van der Waals surface area contributed by atoms with Crippen molar-refractivity contribution in [3.63, 3.8) is 0 Å². The van der Waals surface area contributed by atoms with Gasteiger partial charge in [-0.15, -0.1) is 0 Å². The van der Waals surface area contributed by atoms with Gasteiger partial charge in [0.15, 0.2) is 0 Å². The molecule has 1 fully saturated rings. The third-order valence-electron chi connectivity index (χ3n) is 3.43. The van der Waals surface area contributed by atoms with Crippen LogP contribution in [0.5, 0.6) is 0 Å². The maximum Gasteiger partial charge on any atom is 0.319 e. The number of hydrogen-bond donors (Lipinski definition) is 4. The molecule has 4 N–H and O–H groups in total. The highest BCUT2D eigenvalue weighted by Gasteiger charge is 2.16. The minimum Gasteiger partial charge on any atom is -0.348 e. The monoisotopic (exact) mass is 304 g/mol. The lowest BCUT2D eigenvalue weighted by Crippen LogP contribution is -2.45. The number of urea groups is 1. The normalized spacial score (nSPS) is 17.9. The molecule has 0 saturated carbocycles. The first kappa shape index (κ1) is 16.3. The van der Waals surface area contributed by atoms with Crippen LogP contribution in [0.3, 0.4) is 0 Å². The lowest BCUT2D eigenvalue weighted by Gasteiger charge is -2.23. The molecule has 0 radical (unpaired) electrons. The predicted molar refractivity (Wildman–Crippen MR) is 87.1 cm³/mol. The summed E-state index contributed by atoms with van der Waals surface area (Å²) in [4.78, 5) is 24.0. The van der Waals surface area contributed by atoms with Crippen molar-refractivity contribution in [2.75, 3.05) is 18.4 Å². The molecule has 6 nitrogen and oxygen atoms in total. The minimum absolute atomic E-state index is 0.0604. The van der Waals surface area contributed by atoms with Crippen LogP contribution in [0, 0.1) is 0 Å². The smallest absolute Gasteiger partial charge is 0.319 e. The highest BCUT2D eigenvalue weighted by molar-refractivity contribution is 5.97. The van der Waals surface area contributed by atoms with E-state index in [0.29, 0.717) is 11.3 Å². The molecule has 0 unspecified atom stereocenters. The van der Waals surface area contributed by atoms with E-state index in [0.717, 1.165) is 25.9 Å². The van der Waals surface area contributed by atoms with Gasteiger partial charge in [0.2, 0.25) is 0 Å². The Labute approximate surface area is 131 Å². The van der Waals surface area contributed by atoms with E-state index in [-0.39, 0.29) is 24.0 Å². The summed E-state index contributed by atoms with van der Waals surface area (Å²) in [5, 5.41) is 11.8. The van der Waals surface area contributed by atoms with E-state index >= 15 is 0 Å². The summed E-state index contributed by atoms with van der Waals surface area (Å²) < 4.78 is 0. The molecule has 2 rings (SSSR count). The van der Waals surface area contributed by atoms with Crippen molar-refractivity contribution >= 4 is 17.6 Å². The van der Waals surface area contributed by atoms with E-state index in [2.05, 4.69) is 21.3 Å². The third kappa shape index (κ3) is 5.04. The van der Waals surface area contributed by atoms with Crippen molar-refractivity contribution in [2.24, 2.45) is 0 Å². The van der Waals surface area contributed by atoms with Crippen LogP contribution in [0.25, 0.3) is 0 Å². The Morgan fingerprint density at radius 2 is 2.14 bits per heavy atom. The fraction of sp³-hybridized carbons (Fsp3) is 0.500. The second-order valence-electron chi connectivity index (χ2n) is 5.85. The van der Waals surface area contributed by atoms with Gasteiger partial charge in [-0.2, -0.15) is 0 Å². The fourth-order valence-corrected chi connectivity index (χ4v) is 2.41. The van der Waals surface area contributed by atoms with Crippen LogP contribution in [-0.4, -0.2) is 37.1 Å². The molecule has 1 aliphatic heterocycles. The van der Waals surface area contributed by atoms with Gasteiger partial charge in [0.1, 0.15) is 0 Å². The lowest BCUT2D eigenvalue weighted by molar-refractivity contribution is 0.0930. The Hall–Kier alpha value is -2.08. The first-order valence-corrected chi connectivity index (χ1v) is 7.74. The van der Waals surface area contributed by atoms with Crippen LogP contribution < -0.4 is 21.3 Å². The molecule has 0 aromatic heterocycles. The molecule has 120 valence electrons. The molecule has 1 aliphatic rings. The molecular formula is C16H24N4O2. The summed E-state index contributed by atoms with van der Waals surface area (Å²) in [6, 6.07) is 6.91. The van der Waals surface area contributed by atoms with Crippen molar-refractivity contribution in [2.45, 2.75) is 38.8 Å². The standard InChI is InChI=1S/C16H24N4O2/c1-11(2)18-16(22)20-13-6-3-5-12(9-13)15(21)19-14-7-4-8-17-10-14/h3,5-6,9,11,14,17H,4,7-8,10H2,1-2H3,(H,19,21)(H2,18,20,22)/t14-/m0/s1. The molecule has 1 aromatic carbocycles. The minimum atomic E-state index is -0.274. The topological polar surface area (TPSA) is 82.3 Å². The highest BCUT2D eigenvalue weighted by Crippen LogP contribution is 2.11. The Kier molecular flexibility index (Phi) is 5.77. The molecule has 1 aromatic rings. The molecule has 0 spiro atoms. The van der Waals surface area contributed by atoms with Crippen LogP contribution in [0.2, 0.25) is 0 Å². The van der Waals surface area contributed by atoms with Crippen molar-refractivity contribution < 1.29 is 9.59 Å². The van der Waals surface area contributed by atoms with Crippen LogP contribution in [0.4, 0.5) is 10.5 Å². The molecular weight excluding hydrogens is 280 g/mol. The number of nitrogens with one attached hydrogen (secondary N) is 4. The zero-order valence-corrected chi connectivity index (χ0v) is 13.1. The predicted octanol–water partition coefficient (Wildman–Crippen LogP) is 1.70. The number of benzene rings is 1. The average Bonchev–Trinajstić information content (AvgIpc) is 2.47. The zero-order valence-electron chi connectivity index (χ0n) is 13.1. The van der Waals surface area contributed by atoms with Gasteiger partial charge in [-0.1, -0.05) is 6.07 Å². The number of amides is 3. The summed E-state index contributed by atoms with van der Waals surface area (Å²) in [6.07, 6.45) is 2.06. The molecule has 22 heavy (non-hydrogen) atoms. The first-order chi connectivity index (χ1) is 10.5. The summed E-state index contributed by atoms with van der Waals surface area (Å²) in [5.41, 5.74) is 1.15. The van der Waals surface area contributed by atoms with Crippen molar-refractivity contribution in [3.05, 3.63) is 29.8 Å². The van der Waals surface area contributed by atoms with Gasteiger partial charge in [0, 0.05) is 29.9 Å². The van der Waals surface area contributed by atoms with Crippen LogP contribution in [0.15, 0.2) is 24.3 Å². The van der Waals surface area contributed by atoms with Crippen LogP contribution in [0.1, 0.15) is 37.0 Å². The summed E-state index contributed by atoms with van der Waals surface area (Å²) >= 11 is 0. The van der Waals surface area contributed by atoms with Crippen LogP contribution in [-0.2, 0) is 0 Å². The van der Waals surface area contributed by atoms with E-state index in [1.165, 1.54) is 0 Å². The van der Waals surface area contributed by atoms with Crippen molar-refractivity contribution in [1.29, 1.82) is 0 Å². The number of hydrogen-bond acceptors (Lipinski definition) is 3. The molecule has 1 atom stereocenters. The molecule has 0 bridgehead atoms. The van der Waals surface area contributed by atoms with Gasteiger partial charge in [-0.3, -0.25) is 4.79 Å². The second-order valence-corrected chi connectivity index (χ2v) is 5.85. The van der Waals surface area contributed by atoms with E-state index in [4.69, 9.17) is 0 Å². The number of carbonyl (C=O) groups excluding carboxylic acids is 2. The quantitative estimate of drug-likeness (QED) is 0.683. The van der Waals surface area contributed by atoms with Gasteiger partial charge in [-0.25, -0.2) is 4.79 Å². The molecule has 0 aliphatic carbocycles. The zero-order chi connectivity index (χ0) is 15.9. The average molecular weight is 304 g/mol. The number of rotatable bonds is 4. The number of carbonyl (C=O) groups is 2. The first-order valence-electron chi connectivity index (χ1n) is 7.74. The maximum atomic E-state index is 12.3. The van der Waals surface area contributed by atoms with Crippen LogP contribution >= 0.6 is 0 Å². The largest absolute Gasteiger partial charge is 0.348 e. The highest BCUT2D eigenvalue weighted by atomic mass is 16.2. The van der Waals surface area contributed by atoms with Gasteiger partial charge in [0.05, 0.1) is 0 Å². The Morgan fingerprint density at radius 1 is 1.32 bits per heavy atom. The van der Waals surface area contributed by atoms with Gasteiger partial charge in [-0.05, 0) is 51.4 Å². The van der Waals surface area contributed by atoms with E-state index in [1.807, 2.05) is 13.8 Å². The van der Waals surface area contributed by atoms with Crippen molar-refractivity contribution in [1.82, 2.24) is 16.0 Å². The Bertz CT molecular complexity index is 525. The third-order valence-corrected chi connectivity index (χ3v) is 3.43. The van der Waals surface area contributed by atoms with E-state index in [9.17, 15) is 9.59 Å². The second kappa shape index (κ2) is 7.79. The lowest BCUT2D eigenvalue weighted by atomic mass is 10.1. The molecule has 6 heteroatoms. The van der Waals surface area contributed by atoms with Gasteiger partial charge in [0.25, 0.3) is 5.91 Å². The molecule has 1 saturated heterocycles. The van der Waals surface area contributed by atoms with Gasteiger partial charge >= 0.3 is 6.03 Å². The maximum absolute atomic E-state index is 12.3. The SMILES string of the molecule is CC(C)NC(=O)Nc1cccc(C(=O)N[C@H]2CCCNC2)c1. The number of anilines is 1. The fourth-order valence-electron chi connectivity index (χ4n) is 2.41.